The van der Waals surface area contributed by atoms with Gasteiger partial charge in [0, 0.05) is 11.5 Å². The van der Waals surface area contributed by atoms with Crippen molar-refractivity contribution in [2.24, 2.45) is 0 Å². The molecule has 0 atom stereocenters. The summed E-state index contributed by atoms with van der Waals surface area (Å²) in [6, 6.07) is 9.04. The molecule has 0 aromatic heterocycles. The van der Waals surface area contributed by atoms with Gasteiger partial charge >= 0.3 is 21.3 Å². The van der Waals surface area contributed by atoms with E-state index >= 15 is 0 Å². The predicted octanol–water partition coefficient (Wildman–Crippen LogP) is 1.82. The van der Waals surface area contributed by atoms with Gasteiger partial charge in [0.2, 0.25) is 0 Å². The molecule has 0 unspecified atom stereocenters. The Balaban J connectivity index is 2.14. The van der Waals surface area contributed by atoms with Gasteiger partial charge in [0.25, 0.3) is 0 Å². The van der Waals surface area contributed by atoms with Gasteiger partial charge in [0.05, 0.1) is 6.61 Å². The third-order valence-corrected chi connectivity index (χ3v) is 3.99. The molecular weight excluding hydrogens is 342 g/mol. The van der Waals surface area contributed by atoms with E-state index in [4.69, 9.17) is 9.29 Å². The van der Waals surface area contributed by atoms with Crippen LogP contribution in [0.4, 0.5) is 8.78 Å². The lowest BCUT2D eigenvalue weighted by Gasteiger charge is -2.11. The second-order valence-electron chi connectivity index (χ2n) is 3.90. The molecule has 0 saturated heterocycles. The number of carbonyl (C=O) groups excluding carboxylic acids is 1. The highest BCUT2D eigenvalue weighted by Gasteiger charge is 2.54. The van der Waals surface area contributed by atoms with Gasteiger partial charge in [-0.05, 0) is 12.1 Å². The predicted molar refractivity (Wildman–Crippen MR) is 76.7 cm³/mol. The summed E-state index contributed by atoms with van der Waals surface area (Å²) >= 11 is 1.27. The summed E-state index contributed by atoms with van der Waals surface area (Å²) in [5.41, 5.74) is 0. The van der Waals surface area contributed by atoms with E-state index in [1.807, 2.05) is 18.2 Å². The normalized spacial score (nSPS) is 12.0. The van der Waals surface area contributed by atoms with Crippen LogP contribution in [-0.2, 0) is 19.6 Å². The summed E-state index contributed by atoms with van der Waals surface area (Å²) < 4.78 is 63.9. The quantitative estimate of drug-likeness (QED) is 0.410. The number of hydrogen-bond donors (Lipinski definition) is 1. The Bertz CT molecular complexity index is 577. The van der Waals surface area contributed by atoms with Crippen LogP contribution < -0.4 is 4.74 Å². The average molecular weight is 356 g/mol. The van der Waals surface area contributed by atoms with Crippen LogP contribution in [0, 0.1) is 0 Å². The van der Waals surface area contributed by atoms with Crippen LogP contribution in [0.15, 0.2) is 30.3 Å². The minimum absolute atomic E-state index is 0.186. The van der Waals surface area contributed by atoms with Crippen LogP contribution in [0.1, 0.15) is 0 Å². The first kappa shape index (κ1) is 18.7. The highest BCUT2D eigenvalue weighted by Crippen LogP contribution is 2.22. The number of carbonyl (C=O) groups is 1. The Hall–Kier alpha value is -1.39. The minimum atomic E-state index is -5.82. The van der Waals surface area contributed by atoms with E-state index in [-0.39, 0.29) is 5.75 Å². The molecule has 0 aliphatic rings. The van der Waals surface area contributed by atoms with Crippen LogP contribution in [-0.4, -0.2) is 48.9 Å². The Kier molecular flexibility index (Phi) is 7.04. The van der Waals surface area contributed by atoms with Crippen LogP contribution in [0.3, 0.4) is 0 Å². The van der Waals surface area contributed by atoms with Gasteiger partial charge in [-0.3, -0.25) is 4.55 Å². The maximum atomic E-state index is 12.8. The number of rotatable bonds is 9. The first-order valence-electron chi connectivity index (χ1n) is 6.03. The molecule has 10 heteroatoms. The van der Waals surface area contributed by atoms with Crippen molar-refractivity contribution in [2.75, 3.05) is 24.7 Å². The molecule has 0 heterocycles. The Morgan fingerprint density at radius 3 is 2.36 bits per heavy atom. The molecule has 124 valence electrons. The van der Waals surface area contributed by atoms with Gasteiger partial charge in [-0.1, -0.05) is 18.2 Å². The van der Waals surface area contributed by atoms with E-state index in [2.05, 4.69) is 4.74 Å². The van der Waals surface area contributed by atoms with Gasteiger partial charge < -0.3 is 9.47 Å². The van der Waals surface area contributed by atoms with Gasteiger partial charge in [0.15, 0.2) is 0 Å². The van der Waals surface area contributed by atoms with Crippen molar-refractivity contribution < 1.29 is 36.0 Å². The molecule has 1 N–H and O–H groups in total. The summed E-state index contributed by atoms with van der Waals surface area (Å²) in [6.07, 6.45) is 0. The lowest BCUT2D eigenvalue weighted by Crippen LogP contribution is -2.39. The Labute approximate surface area is 130 Å². The number of thioether (sulfide) groups is 1. The van der Waals surface area contributed by atoms with Crippen molar-refractivity contribution in [3.8, 4) is 5.75 Å². The van der Waals surface area contributed by atoms with E-state index in [0.717, 1.165) is 0 Å². The number of esters is 1. The van der Waals surface area contributed by atoms with Crippen molar-refractivity contribution in [1.82, 2.24) is 0 Å². The van der Waals surface area contributed by atoms with Crippen LogP contribution in [0.25, 0.3) is 0 Å². The van der Waals surface area contributed by atoms with E-state index in [1.54, 1.807) is 12.1 Å². The molecule has 1 rings (SSSR count). The van der Waals surface area contributed by atoms with Gasteiger partial charge in [0.1, 0.15) is 12.4 Å². The SMILES string of the molecule is O=C(OCCSCCOc1ccccc1)C(F)(F)S(=O)(=O)O. The van der Waals surface area contributed by atoms with Gasteiger partial charge in [-0.2, -0.15) is 29.0 Å². The highest BCUT2D eigenvalue weighted by atomic mass is 32.2. The fraction of sp³-hybridized carbons (Fsp3) is 0.417. The zero-order valence-corrected chi connectivity index (χ0v) is 12.9. The van der Waals surface area contributed by atoms with E-state index < -0.39 is 27.9 Å². The van der Waals surface area contributed by atoms with Crippen molar-refractivity contribution >= 4 is 27.8 Å². The standard InChI is InChI=1S/C12H14F2O6S2/c13-12(14,22(16,17)18)11(15)20-7-9-21-8-6-19-10-4-2-1-3-5-10/h1-5H,6-9H2,(H,16,17,18). The molecule has 0 aliphatic heterocycles. The minimum Gasteiger partial charge on any atom is -0.493 e. The summed E-state index contributed by atoms with van der Waals surface area (Å²) in [6.45, 7) is -0.0241. The summed E-state index contributed by atoms with van der Waals surface area (Å²) in [4.78, 5) is 10.8. The van der Waals surface area contributed by atoms with E-state index in [0.29, 0.717) is 18.1 Å². The third-order valence-electron chi connectivity index (χ3n) is 2.26. The number of alkyl halides is 2. The van der Waals surface area contributed by atoms with Crippen molar-refractivity contribution in [3.63, 3.8) is 0 Å². The van der Waals surface area contributed by atoms with Crippen molar-refractivity contribution in [2.45, 2.75) is 5.25 Å². The molecule has 0 aliphatic carbocycles. The van der Waals surface area contributed by atoms with E-state index in [1.165, 1.54) is 11.8 Å². The smallest absolute Gasteiger partial charge is 0.465 e. The average Bonchev–Trinajstić information content (AvgIpc) is 2.45. The highest BCUT2D eigenvalue weighted by molar-refractivity contribution is 7.99. The molecule has 1 aromatic carbocycles. The Morgan fingerprint density at radius 1 is 1.18 bits per heavy atom. The first-order valence-corrected chi connectivity index (χ1v) is 8.62. The summed E-state index contributed by atoms with van der Waals surface area (Å²) in [7, 11) is -5.82. The van der Waals surface area contributed by atoms with Crippen LogP contribution >= 0.6 is 11.8 Å². The number of ether oxygens (including phenoxy) is 2. The monoisotopic (exact) mass is 356 g/mol. The Morgan fingerprint density at radius 2 is 1.77 bits per heavy atom. The number of para-hydroxylation sites is 1. The molecule has 0 radical (unpaired) electrons. The molecule has 0 saturated carbocycles. The molecule has 0 bridgehead atoms. The van der Waals surface area contributed by atoms with Crippen molar-refractivity contribution in [1.29, 1.82) is 0 Å². The second-order valence-corrected chi connectivity index (χ2v) is 6.59. The molecule has 0 spiro atoms. The number of benzene rings is 1. The van der Waals surface area contributed by atoms with Gasteiger partial charge in [-0.25, -0.2) is 4.79 Å². The lowest BCUT2D eigenvalue weighted by atomic mass is 10.3. The maximum absolute atomic E-state index is 12.8. The maximum Gasteiger partial charge on any atom is 0.465 e. The number of hydrogen-bond acceptors (Lipinski definition) is 6. The molecule has 22 heavy (non-hydrogen) atoms. The zero-order valence-electron chi connectivity index (χ0n) is 11.3. The largest absolute Gasteiger partial charge is 0.493 e. The summed E-state index contributed by atoms with van der Waals surface area (Å²) in [5, 5.41) is -4.95. The topological polar surface area (TPSA) is 89.9 Å². The molecular formula is C12H14F2O6S2. The molecule has 6 nitrogen and oxygen atoms in total. The fourth-order valence-electron chi connectivity index (χ4n) is 1.22. The molecule has 1 aromatic rings. The van der Waals surface area contributed by atoms with E-state index in [9.17, 15) is 22.0 Å². The zero-order chi connectivity index (χ0) is 16.6. The second kappa shape index (κ2) is 8.30. The third kappa shape index (κ3) is 5.78. The lowest BCUT2D eigenvalue weighted by molar-refractivity contribution is -0.160. The van der Waals surface area contributed by atoms with Gasteiger partial charge in [-0.15, -0.1) is 0 Å². The fourth-order valence-corrected chi connectivity index (χ4v) is 2.10. The van der Waals surface area contributed by atoms with Crippen molar-refractivity contribution in [3.05, 3.63) is 30.3 Å². The molecule has 0 fully saturated rings. The first-order chi connectivity index (χ1) is 10.2. The number of halogens is 2. The van der Waals surface area contributed by atoms with Crippen LogP contribution in [0.2, 0.25) is 0 Å². The summed E-state index contributed by atoms with van der Waals surface area (Å²) in [5.74, 6) is -0.884. The van der Waals surface area contributed by atoms with Crippen LogP contribution in [0.5, 0.6) is 5.75 Å². The molecule has 0 amide bonds.